The van der Waals surface area contributed by atoms with Crippen molar-refractivity contribution in [3.63, 3.8) is 0 Å². The normalized spacial score (nSPS) is 11.4. The lowest BCUT2D eigenvalue weighted by Gasteiger charge is -2.19. The van der Waals surface area contributed by atoms with Crippen molar-refractivity contribution in [2.24, 2.45) is 0 Å². The van der Waals surface area contributed by atoms with Gasteiger partial charge in [-0.3, -0.25) is 0 Å². The molecule has 0 unspecified atom stereocenters. The summed E-state index contributed by atoms with van der Waals surface area (Å²) in [4.78, 5) is 4.19. The fourth-order valence-electron chi connectivity index (χ4n) is 1.69. The monoisotopic (exact) mass is 259 g/mol. The fourth-order valence-corrected chi connectivity index (χ4v) is 1.69. The van der Waals surface area contributed by atoms with E-state index in [0.717, 1.165) is 5.56 Å². The molecule has 1 heterocycles. The number of rotatable bonds is 3. The van der Waals surface area contributed by atoms with Gasteiger partial charge in [0.1, 0.15) is 12.4 Å². The molecule has 0 fully saturated rings. The van der Waals surface area contributed by atoms with Crippen LogP contribution >= 0.6 is 0 Å². The van der Waals surface area contributed by atoms with Crippen LogP contribution in [0.1, 0.15) is 31.9 Å². The molecule has 0 amide bonds. The first-order valence-electron chi connectivity index (χ1n) is 6.29. The molecule has 0 spiro atoms. The van der Waals surface area contributed by atoms with E-state index in [1.807, 2.05) is 12.1 Å². The van der Waals surface area contributed by atoms with Crippen molar-refractivity contribution in [2.75, 3.05) is 0 Å². The number of hydrogen-bond donors (Lipinski definition) is 0. The smallest absolute Gasteiger partial charge is 0.213 e. The summed E-state index contributed by atoms with van der Waals surface area (Å²) in [5.74, 6) is 0.355. The highest BCUT2D eigenvalue weighted by molar-refractivity contribution is 5.27. The Kier molecular flexibility index (Phi) is 3.84. The average Bonchev–Trinajstić information content (AvgIpc) is 2.37. The van der Waals surface area contributed by atoms with E-state index in [1.165, 1.54) is 17.7 Å². The zero-order valence-electron chi connectivity index (χ0n) is 11.5. The summed E-state index contributed by atoms with van der Waals surface area (Å²) in [5, 5.41) is 0. The molecule has 0 aliphatic rings. The van der Waals surface area contributed by atoms with Gasteiger partial charge in [0, 0.05) is 12.3 Å². The van der Waals surface area contributed by atoms with Crippen LogP contribution in [0.15, 0.2) is 42.6 Å². The largest absolute Gasteiger partial charge is 0.473 e. The van der Waals surface area contributed by atoms with Crippen molar-refractivity contribution in [3.8, 4) is 5.88 Å². The first kappa shape index (κ1) is 13.5. The summed E-state index contributed by atoms with van der Waals surface area (Å²) in [6.07, 6.45) is 1.75. The highest BCUT2D eigenvalue weighted by Crippen LogP contribution is 2.24. The van der Waals surface area contributed by atoms with E-state index < -0.39 is 0 Å². The van der Waals surface area contributed by atoms with Crippen LogP contribution < -0.4 is 4.74 Å². The van der Waals surface area contributed by atoms with E-state index in [-0.39, 0.29) is 11.2 Å². The molecular formula is C16H18FNO. The fraction of sp³-hybridized carbons (Fsp3) is 0.312. The van der Waals surface area contributed by atoms with Crippen molar-refractivity contribution in [3.05, 3.63) is 59.5 Å². The molecule has 1 aromatic heterocycles. The molecule has 0 saturated heterocycles. The van der Waals surface area contributed by atoms with Gasteiger partial charge in [-0.1, -0.05) is 32.9 Å². The Morgan fingerprint density at radius 3 is 2.42 bits per heavy atom. The van der Waals surface area contributed by atoms with Crippen LogP contribution in [-0.2, 0) is 12.0 Å². The van der Waals surface area contributed by atoms with Crippen molar-refractivity contribution >= 4 is 0 Å². The minimum Gasteiger partial charge on any atom is -0.473 e. The highest BCUT2D eigenvalue weighted by Gasteiger charge is 2.14. The molecule has 0 aliphatic carbocycles. The summed E-state index contributed by atoms with van der Waals surface area (Å²) >= 11 is 0. The summed E-state index contributed by atoms with van der Waals surface area (Å²) in [7, 11) is 0. The number of benzene rings is 1. The highest BCUT2D eigenvalue weighted by atomic mass is 19.1. The minimum atomic E-state index is -0.239. The van der Waals surface area contributed by atoms with Gasteiger partial charge in [0.2, 0.25) is 5.88 Å². The summed E-state index contributed by atoms with van der Waals surface area (Å²) < 4.78 is 18.4. The van der Waals surface area contributed by atoms with Gasteiger partial charge in [0.05, 0.1) is 0 Å². The molecule has 0 atom stereocenters. The van der Waals surface area contributed by atoms with E-state index in [0.29, 0.717) is 12.5 Å². The summed E-state index contributed by atoms with van der Waals surface area (Å²) in [6.45, 7) is 6.82. The second-order valence-corrected chi connectivity index (χ2v) is 5.55. The lowest BCUT2D eigenvalue weighted by Crippen LogP contribution is -2.11. The van der Waals surface area contributed by atoms with Crippen LogP contribution in [0.3, 0.4) is 0 Å². The van der Waals surface area contributed by atoms with Crippen molar-refractivity contribution in [1.82, 2.24) is 4.98 Å². The van der Waals surface area contributed by atoms with Crippen LogP contribution in [0.25, 0.3) is 0 Å². The maximum atomic E-state index is 12.8. The van der Waals surface area contributed by atoms with Gasteiger partial charge in [-0.05, 0) is 34.7 Å². The zero-order valence-corrected chi connectivity index (χ0v) is 11.5. The second kappa shape index (κ2) is 5.39. The van der Waals surface area contributed by atoms with Gasteiger partial charge < -0.3 is 4.74 Å². The van der Waals surface area contributed by atoms with Crippen LogP contribution in [0.2, 0.25) is 0 Å². The van der Waals surface area contributed by atoms with Crippen LogP contribution in [-0.4, -0.2) is 4.98 Å². The molecule has 0 radical (unpaired) electrons. The average molecular weight is 259 g/mol. The van der Waals surface area contributed by atoms with Gasteiger partial charge in [-0.15, -0.1) is 0 Å². The molecule has 2 nitrogen and oxygen atoms in total. The Bertz CT molecular complexity index is 543. The Balaban J connectivity index is 2.05. The maximum Gasteiger partial charge on any atom is 0.213 e. The van der Waals surface area contributed by atoms with E-state index in [9.17, 15) is 4.39 Å². The standard InChI is InChI=1S/C16H18FNO/c1-16(2,3)13-8-9-18-15(10-13)19-11-12-4-6-14(17)7-5-12/h4-10H,11H2,1-3H3. The predicted molar refractivity (Wildman–Crippen MR) is 73.7 cm³/mol. The van der Waals surface area contributed by atoms with E-state index >= 15 is 0 Å². The van der Waals surface area contributed by atoms with Crippen LogP contribution in [0.4, 0.5) is 4.39 Å². The van der Waals surface area contributed by atoms with Gasteiger partial charge in [-0.2, -0.15) is 0 Å². The predicted octanol–water partition coefficient (Wildman–Crippen LogP) is 4.10. The van der Waals surface area contributed by atoms with Gasteiger partial charge in [0.25, 0.3) is 0 Å². The number of ether oxygens (including phenoxy) is 1. The first-order valence-corrected chi connectivity index (χ1v) is 6.29. The number of nitrogens with zero attached hydrogens (tertiary/aromatic N) is 1. The number of halogens is 1. The third-order valence-corrected chi connectivity index (χ3v) is 2.90. The Hall–Kier alpha value is -1.90. The molecule has 0 bridgehead atoms. The van der Waals surface area contributed by atoms with Crippen molar-refractivity contribution in [1.29, 1.82) is 0 Å². The van der Waals surface area contributed by atoms with Crippen LogP contribution in [0, 0.1) is 5.82 Å². The minimum absolute atomic E-state index is 0.0664. The van der Waals surface area contributed by atoms with Gasteiger partial charge >= 0.3 is 0 Å². The first-order chi connectivity index (χ1) is 8.95. The van der Waals surface area contributed by atoms with Crippen molar-refractivity contribution < 1.29 is 9.13 Å². The SMILES string of the molecule is CC(C)(C)c1ccnc(OCc2ccc(F)cc2)c1. The Morgan fingerprint density at radius 1 is 1.11 bits per heavy atom. The van der Waals surface area contributed by atoms with Gasteiger partial charge in [-0.25, -0.2) is 9.37 Å². The van der Waals surface area contributed by atoms with E-state index in [2.05, 4.69) is 25.8 Å². The molecule has 19 heavy (non-hydrogen) atoms. The Morgan fingerprint density at radius 2 is 1.79 bits per heavy atom. The zero-order chi connectivity index (χ0) is 13.9. The quantitative estimate of drug-likeness (QED) is 0.828. The molecule has 2 rings (SSSR count). The summed E-state index contributed by atoms with van der Waals surface area (Å²) in [6, 6.07) is 10.2. The molecule has 1 aromatic carbocycles. The Labute approximate surface area is 113 Å². The molecular weight excluding hydrogens is 241 g/mol. The molecule has 0 aliphatic heterocycles. The van der Waals surface area contributed by atoms with E-state index in [4.69, 9.17) is 4.74 Å². The molecule has 100 valence electrons. The topological polar surface area (TPSA) is 22.1 Å². The molecule has 3 heteroatoms. The van der Waals surface area contributed by atoms with Gasteiger partial charge in [0.15, 0.2) is 0 Å². The third-order valence-electron chi connectivity index (χ3n) is 2.90. The number of pyridine rings is 1. The van der Waals surface area contributed by atoms with Crippen LogP contribution in [0.5, 0.6) is 5.88 Å². The van der Waals surface area contributed by atoms with E-state index in [1.54, 1.807) is 18.3 Å². The molecule has 0 N–H and O–H groups in total. The molecule has 0 saturated carbocycles. The number of aromatic nitrogens is 1. The third kappa shape index (κ3) is 3.78. The molecule has 2 aromatic rings. The lowest BCUT2D eigenvalue weighted by molar-refractivity contribution is 0.293. The lowest BCUT2D eigenvalue weighted by atomic mass is 9.88. The number of hydrogen-bond acceptors (Lipinski definition) is 2. The van der Waals surface area contributed by atoms with Crippen molar-refractivity contribution in [2.45, 2.75) is 32.8 Å². The maximum absolute atomic E-state index is 12.8. The summed E-state index contributed by atoms with van der Waals surface area (Å²) in [5.41, 5.74) is 2.16. The second-order valence-electron chi connectivity index (χ2n) is 5.55.